The summed E-state index contributed by atoms with van der Waals surface area (Å²) in [5.74, 6) is 0.814. The molecular weight excluding hydrogens is 206 g/mol. The summed E-state index contributed by atoms with van der Waals surface area (Å²) in [6, 6.07) is 0. The lowest BCUT2D eigenvalue weighted by atomic mass is 10.0. The maximum atomic E-state index is 11.1. The van der Waals surface area contributed by atoms with Crippen LogP contribution in [0.1, 0.15) is 42.7 Å². The number of aryl methyl sites for hydroxylation is 2. The highest BCUT2D eigenvalue weighted by Crippen LogP contribution is 2.21. The lowest BCUT2D eigenvalue weighted by molar-refractivity contribution is -0.153. The SMILES string of the molecule is Cc1noc(C)c1CCC1CCCC(=O)O1. The third kappa shape index (κ3) is 2.43. The molecule has 4 heteroatoms. The van der Waals surface area contributed by atoms with Crippen LogP contribution in [0.5, 0.6) is 0 Å². The lowest BCUT2D eigenvalue weighted by Crippen LogP contribution is -2.23. The first-order valence-electron chi connectivity index (χ1n) is 5.78. The van der Waals surface area contributed by atoms with E-state index in [0.29, 0.717) is 6.42 Å². The number of ether oxygens (including phenoxy) is 1. The fourth-order valence-corrected chi connectivity index (χ4v) is 2.15. The van der Waals surface area contributed by atoms with Gasteiger partial charge >= 0.3 is 5.97 Å². The number of esters is 1. The first-order valence-corrected chi connectivity index (χ1v) is 5.78. The van der Waals surface area contributed by atoms with Crippen molar-refractivity contribution < 1.29 is 14.1 Å². The predicted molar refractivity (Wildman–Crippen MR) is 58.0 cm³/mol. The molecule has 1 aliphatic rings. The molecule has 1 aromatic rings. The Morgan fingerprint density at radius 1 is 1.44 bits per heavy atom. The van der Waals surface area contributed by atoms with Gasteiger partial charge < -0.3 is 9.26 Å². The van der Waals surface area contributed by atoms with Crippen molar-refractivity contribution in [1.29, 1.82) is 0 Å². The fourth-order valence-electron chi connectivity index (χ4n) is 2.15. The van der Waals surface area contributed by atoms with Crippen molar-refractivity contribution in [2.24, 2.45) is 0 Å². The Labute approximate surface area is 95.0 Å². The van der Waals surface area contributed by atoms with E-state index >= 15 is 0 Å². The number of carbonyl (C=O) groups is 1. The lowest BCUT2D eigenvalue weighted by Gasteiger charge is -2.21. The number of hydrogen-bond acceptors (Lipinski definition) is 4. The van der Waals surface area contributed by atoms with Crippen LogP contribution in [0.4, 0.5) is 0 Å². The number of hydrogen-bond donors (Lipinski definition) is 0. The smallest absolute Gasteiger partial charge is 0.306 e. The molecule has 0 amide bonds. The number of aromatic nitrogens is 1. The summed E-state index contributed by atoms with van der Waals surface area (Å²) in [7, 11) is 0. The second-order valence-corrected chi connectivity index (χ2v) is 4.35. The summed E-state index contributed by atoms with van der Waals surface area (Å²) in [4.78, 5) is 11.1. The Balaban J connectivity index is 1.89. The molecule has 1 atom stereocenters. The van der Waals surface area contributed by atoms with E-state index in [1.165, 1.54) is 0 Å². The van der Waals surface area contributed by atoms with Crippen molar-refractivity contribution >= 4 is 5.97 Å². The van der Waals surface area contributed by atoms with E-state index in [1.807, 2.05) is 13.8 Å². The van der Waals surface area contributed by atoms with E-state index in [9.17, 15) is 4.79 Å². The molecule has 0 radical (unpaired) electrons. The van der Waals surface area contributed by atoms with Crippen LogP contribution >= 0.6 is 0 Å². The molecule has 0 spiro atoms. The molecule has 0 saturated carbocycles. The minimum absolute atomic E-state index is 0.0602. The topological polar surface area (TPSA) is 52.3 Å². The number of cyclic esters (lactones) is 1. The van der Waals surface area contributed by atoms with E-state index in [-0.39, 0.29) is 12.1 Å². The van der Waals surface area contributed by atoms with Crippen LogP contribution in [0.3, 0.4) is 0 Å². The van der Waals surface area contributed by atoms with Gasteiger partial charge in [0, 0.05) is 12.0 Å². The van der Waals surface area contributed by atoms with E-state index in [0.717, 1.165) is 42.7 Å². The molecule has 1 fully saturated rings. The molecule has 0 aliphatic carbocycles. The predicted octanol–water partition coefficient (Wildman–Crippen LogP) is 2.32. The average molecular weight is 223 g/mol. The van der Waals surface area contributed by atoms with Gasteiger partial charge in [-0.05, 0) is 39.5 Å². The molecule has 0 N–H and O–H groups in total. The highest BCUT2D eigenvalue weighted by Gasteiger charge is 2.21. The first kappa shape index (κ1) is 11.2. The zero-order chi connectivity index (χ0) is 11.5. The monoisotopic (exact) mass is 223 g/mol. The highest BCUT2D eigenvalue weighted by atomic mass is 16.5. The zero-order valence-electron chi connectivity index (χ0n) is 9.78. The molecule has 0 aromatic carbocycles. The largest absolute Gasteiger partial charge is 0.462 e. The van der Waals surface area contributed by atoms with Crippen LogP contribution in [0.2, 0.25) is 0 Å². The second kappa shape index (κ2) is 4.68. The van der Waals surface area contributed by atoms with Gasteiger partial charge in [0.1, 0.15) is 11.9 Å². The van der Waals surface area contributed by atoms with Gasteiger partial charge in [0.2, 0.25) is 0 Å². The average Bonchev–Trinajstić information content (AvgIpc) is 2.56. The Kier molecular flexibility index (Phi) is 3.27. The van der Waals surface area contributed by atoms with Crippen molar-refractivity contribution in [3.63, 3.8) is 0 Å². The van der Waals surface area contributed by atoms with Crippen molar-refractivity contribution in [2.45, 2.75) is 52.1 Å². The summed E-state index contributed by atoms with van der Waals surface area (Å²) in [5.41, 5.74) is 2.10. The van der Waals surface area contributed by atoms with Crippen molar-refractivity contribution in [3.8, 4) is 0 Å². The Morgan fingerprint density at radius 2 is 2.25 bits per heavy atom. The molecular formula is C12H17NO3. The quantitative estimate of drug-likeness (QED) is 0.738. The number of carbonyl (C=O) groups excluding carboxylic acids is 1. The molecule has 2 heterocycles. The normalized spacial score (nSPS) is 20.9. The molecule has 88 valence electrons. The maximum Gasteiger partial charge on any atom is 0.306 e. The molecule has 1 unspecified atom stereocenters. The molecule has 2 rings (SSSR count). The van der Waals surface area contributed by atoms with Gasteiger partial charge in [0.05, 0.1) is 5.69 Å². The minimum atomic E-state index is -0.0602. The van der Waals surface area contributed by atoms with Gasteiger partial charge in [-0.1, -0.05) is 5.16 Å². The highest BCUT2D eigenvalue weighted by molar-refractivity contribution is 5.70. The van der Waals surface area contributed by atoms with E-state index < -0.39 is 0 Å². The van der Waals surface area contributed by atoms with Crippen LogP contribution in [0.15, 0.2) is 4.52 Å². The van der Waals surface area contributed by atoms with Gasteiger partial charge in [-0.3, -0.25) is 4.79 Å². The molecule has 1 aromatic heterocycles. The summed E-state index contributed by atoms with van der Waals surface area (Å²) in [5, 5.41) is 3.91. The van der Waals surface area contributed by atoms with Crippen LogP contribution in [-0.2, 0) is 16.0 Å². The Bertz CT molecular complexity index is 364. The van der Waals surface area contributed by atoms with Gasteiger partial charge in [-0.2, -0.15) is 0 Å². The zero-order valence-corrected chi connectivity index (χ0v) is 9.78. The summed E-state index contributed by atoms with van der Waals surface area (Å²) in [6.45, 7) is 3.86. The molecule has 16 heavy (non-hydrogen) atoms. The Hall–Kier alpha value is -1.32. The Morgan fingerprint density at radius 3 is 2.88 bits per heavy atom. The molecule has 1 aliphatic heterocycles. The molecule has 4 nitrogen and oxygen atoms in total. The van der Waals surface area contributed by atoms with Gasteiger partial charge in [0.15, 0.2) is 0 Å². The van der Waals surface area contributed by atoms with Gasteiger partial charge in [-0.25, -0.2) is 0 Å². The first-order chi connectivity index (χ1) is 7.66. The maximum absolute atomic E-state index is 11.1. The fraction of sp³-hybridized carbons (Fsp3) is 0.667. The minimum Gasteiger partial charge on any atom is -0.462 e. The third-order valence-electron chi connectivity index (χ3n) is 3.10. The van der Waals surface area contributed by atoms with Crippen molar-refractivity contribution in [3.05, 3.63) is 17.0 Å². The third-order valence-corrected chi connectivity index (χ3v) is 3.10. The van der Waals surface area contributed by atoms with Crippen LogP contribution < -0.4 is 0 Å². The standard InChI is InChI=1S/C12H17NO3/c1-8-11(9(2)16-13-8)7-6-10-4-3-5-12(14)15-10/h10H,3-7H2,1-2H3. The van der Waals surface area contributed by atoms with Crippen molar-refractivity contribution in [2.75, 3.05) is 0 Å². The van der Waals surface area contributed by atoms with Crippen molar-refractivity contribution in [1.82, 2.24) is 5.16 Å². The summed E-state index contributed by atoms with van der Waals surface area (Å²) in [6.07, 6.45) is 4.32. The summed E-state index contributed by atoms with van der Waals surface area (Å²) >= 11 is 0. The van der Waals surface area contributed by atoms with Gasteiger partial charge in [-0.15, -0.1) is 0 Å². The number of rotatable bonds is 3. The summed E-state index contributed by atoms with van der Waals surface area (Å²) < 4.78 is 10.4. The van der Waals surface area contributed by atoms with Crippen LogP contribution in [0.25, 0.3) is 0 Å². The number of nitrogens with zero attached hydrogens (tertiary/aromatic N) is 1. The molecule has 0 bridgehead atoms. The van der Waals surface area contributed by atoms with E-state index in [4.69, 9.17) is 9.26 Å². The van der Waals surface area contributed by atoms with E-state index in [1.54, 1.807) is 0 Å². The van der Waals surface area contributed by atoms with Gasteiger partial charge in [0.25, 0.3) is 0 Å². The second-order valence-electron chi connectivity index (χ2n) is 4.35. The van der Waals surface area contributed by atoms with Crippen LogP contribution in [-0.4, -0.2) is 17.2 Å². The molecule has 1 saturated heterocycles. The van der Waals surface area contributed by atoms with E-state index in [2.05, 4.69) is 5.16 Å². The van der Waals surface area contributed by atoms with Crippen LogP contribution in [0, 0.1) is 13.8 Å².